The number of nitrogens with one attached hydrogen (secondary N) is 1. The summed E-state index contributed by atoms with van der Waals surface area (Å²) in [5, 5.41) is 4.74. The minimum Gasteiger partial charge on any atom is -0.481 e. The number of benzene rings is 1. The predicted molar refractivity (Wildman–Crippen MR) is 83.8 cm³/mol. The smallest absolute Gasteiger partial charge is 0.270 e. The zero-order valence-corrected chi connectivity index (χ0v) is 12.9. The van der Waals surface area contributed by atoms with E-state index in [0.717, 1.165) is 10.8 Å². The number of carbonyl (C=O) groups is 1. The number of methoxy groups -OCH3 is 1. The SMILES string of the molecule is COc1nc(C(=O)NCC(C)N(C)C)cc2ccccc12. The Balaban J connectivity index is 2.23. The number of amides is 1. The maximum atomic E-state index is 12.2. The minimum atomic E-state index is -0.187. The second-order valence-corrected chi connectivity index (χ2v) is 5.26. The predicted octanol–water partition coefficient (Wildman–Crippen LogP) is 1.92. The third-order valence-electron chi connectivity index (χ3n) is 3.57. The van der Waals surface area contributed by atoms with Gasteiger partial charge in [-0.1, -0.05) is 18.2 Å². The average molecular weight is 287 g/mol. The maximum absolute atomic E-state index is 12.2. The molecule has 0 aliphatic carbocycles. The van der Waals surface area contributed by atoms with E-state index in [2.05, 4.69) is 22.1 Å². The van der Waals surface area contributed by atoms with Gasteiger partial charge in [-0.05, 0) is 38.5 Å². The van der Waals surface area contributed by atoms with E-state index in [1.807, 2.05) is 38.4 Å². The van der Waals surface area contributed by atoms with Crippen molar-refractivity contribution in [1.29, 1.82) is 0 Å². The molecular formula is C16H21N3O2. The Bertz CT molecular complexity index is 640. The fourth-order valence-corrected chi connectivity index (χ4v) is 1.95. The van der Waals surface area contributed by atoms with Crippen LogP contribution in [0.25, 0.3) is 10.8 Å². The molecular weight excluding hydrogens is 266 g/mol. The summed E-state index contributed by atoms with van der Waals surface area (Å²) in [7, 11) is 5.52. The van der Waals surface area contributed by atoms with Crippen LogP contribution < -0.4 is 10.1 Å². The summed E-state index contributed by atoms with van der Waals surface area (Å²) >= 11 is 0. The second kappa shape index (κ2) is 6.54. The van der Waals surface area contributed by atoms with Gasteiger partial charge in [-0.3, -0.25) is 4.79 Å². The molecule has 0 spiro atoms. The fraction of sp³-hybridized carbons (Fsp3) is 0.375. The zero-order valence-electron chi connectivity index (χ0n) is 12.9. The van der Waals surface area contributed by atoms with Crippen molar-refractivity contribution in [1.82, 2.24) is 15.2 Å². The number of aromatic nitrogens is 1. The topological polar surface area (TPSA) is 54.5 Å². The summed E-state index contributed by atoms with van der Waals surface area (Å²) in [5.41, 5.74) is 0.372. The number of hydrogen-bond donors (Lipinski definition) is 1. The lowest BCUT2D eigenvalue weighted by atomic mass is 10.1. The van der Waals surface area contributed by atoms with Crippen LogP contribution in [0.5, 0.6) is 5.88 Å². The molecule has 2 aromatic rings. The molecule has 0 aliphatic rings. The molecule has 0 radical (unpaired) electrons. The number of hydrogen-bond acceptors (Lipinski definition) is 4. The highest BCUT2D eigenvalue weighted by molar-refractivity contribution is 5.98. The van der Waals surface area contributed by atoms with E-state index in [4.69, 9.17) is 4.74 Å². The summed E-state index contributed by atoms with van der Waals surface area (Å²) in [5.74, 6) is 0.284. The molecule has 1 amide bonds. The number of ether oxygens (including phenoxy) is 1. The van der Waals surface area contributed by atoms with E-state index in [-0.39, 0.29) is 11.9 Å². The molecule has 1 N–H and O–H groups in total. The largest absolute Gasteiger partial charge is 0.481 e. The molecule has 1 atom stereocenters. The van der Waals surface area contributed by atoms with Crippen molar-refractivity contribution in [3.63, 3.8) is 0 Å². The Morgan fingerprint density at radius 3 is 2.76 bits per heavy atom. The Morgan fingerprint density at radius 2 is 2.10 bits per heavy atom. The first-order valence-electron chi connectivity index (χ1n) is 6.91. The molecule has 1 aromatic heterocycles. The van der Waals surface area contributed by atoms with Crippen LogP contribution in [-0.2, 0) is 0 Å². The van der Waals surface area contributed by atoms with E-state index in [1.165, 1.54) is 0 Å². The second-order valence-electron chi connectivity index (χ2n) is 5.26. The van der Waals surface area contributed by atoms with Crippen molar-refractivity contribution in [3.05, 3.63) is 36.0 Å². The van der Waals surface area contributed by atoms with E-state index in [9.17, 15) is 4.79 Å². The standard InChI is InChI=1S/C16H21N3O2/c1-11(19(2)3)10-17-15(20)14-9-12-7-5-6-8-13(12)16(18-14)21-4/h5-9,11H,10H2,1-4H3,(H,17,20). The summed E-state index contributed by atoms with van der Waals surface area (Å²) in [6.07, 6.45) is 0. The molecule has 0 bridgehead atoms. The molecule has 1 aromatic carbocycles. The average Bonchev–Trinajstić information content (AvgIpc) is 2.50. The molecule has 1 heterocycles. The molecule has 5 heteroatoms. The first-order valence-corrected chi connectivity index (χ1v) is 6.91. The minimum absolute atomic E-state index is 0.187. The number of pyridine rings is 1. The van der Waals surface area contributed by atoms with Crippen molar-refractivity contribution >= 4 is 16.7 Å². The number of fused-ring (bicyclic) bond motifs is 1. The molecule has 0 fully saturated rings. The van der Waals surface area contributed by atoms with E-state index in [1.54, 1.807) is 13.2 Å². The van der Waals surface area contributed by atoms with Crippen molar-refractivity contribution < 1.29 is 9.53 Å². The number of likely N-dealkylation sites (N-methyl/N-ethyl adjacent to an activating group) is 1. The molecule has 1 unspecified atom stereocenters. The number of carbonyl (C=O) groups excluding carboxylic acids is 1. The van der Waals surface area contributed by atoms with Gasteiger partial charge in [0.05, 0.1) is 7.11 Å². The van der Waals surface area contributed by atoms with Crippen molar-refractivity contribution in [3.8, 4) is 5.88 Å². The van der Waals surface area contributed by atoms with Gasteiger partial charge in [-0.15, -0.1) is 0 Å². The third-order valence-corrected chi connectivity index (χ3v) is 3.57. The van der Waals surface area contributed by atoms with Gasteiger partial charge in [0.25, 0.3) is 5.91 Å². The van der Waals surface area contributed by atoms with Crippen LogP contribution >= 0.6 is 0 Å². The zero-order chi connectivity index (χ0) is 15.4. The van der Waals surface area contributed by atoms with Crippen molar-refractivity contribution in [2.75, 3.05) is 27.7 Å². The van der Waals surface area contributed by atoms with E-state index in [0.29, 0.717) is 18.1 Å². The molecule has 2 rings (SSSR count). The molecule has 0 aliphatic heterocycles. The number of rotatable bonds is 5. The van der Waals surface area contributed by atoms with Crippen molar-refractivity contribution in [2.24, 2.45) is 0 Å². The molecule has 0 saturated heterocycles. The number of nitrogens with zero attached hydrogens (tertiary/aromatic N) is 2. The van der Waals surface area contributed by atoms with Gasteiger partial charge in [0.1, 0.15) is 5.69 Å². The molecule has 0 saturated carbocycles. The first-order chi connectivity index (χ1) is 10.0. The molecule has 112 valence electrons. The maximum Gasteiger partial charge on any atom is 0.270 e. The quantitative estimate of drug-likeness (QED) is 0.913. The monoisotopic (exact) mass is 287 g/mol. The van der Waals surface area contributed by atoms with Crippen LogP contribution in [0.2, 0.25) is 0 Å². The first kappa shape index (κ1) is 15.3. The van der Waals surface area contributed by atoms with Gasteiger partial charge in [-0.2, -0.15) is 0 Å². The lowest BCUT2D eigenvalue weighted by molar-refractivity contribution is 0.0938. The Morgan fingerprint density at radius 1 is 1.38 bits per heavy atom. The van der Waals surface area contributed by atoms with Crippen LogP contribution in [0, 0.1) is 0 Å². The van der Waals surface area contributed by atoms with Crippen LogP contribution in [0.3, 0.4) is 0 Å². The van der Waals surface area contributed by atoms with Crippen LogP contribution in [0.15, 0.2) is 30.3 Å². The summed E-state index contributed by atoms with van der Waals surface area (Å²) < 4.78 is 5.28. The fourth-order valence-electron chi connectivity index (χ4n) is 1.95. The van der Waals surface area contributed by atoms with Gasteiger partial charge in [0, 0.05) is 18.0 Å². The third kappa shape index (κ3) is 3.49. The lowest BCUT2D eigenvalue weighted by Crippen LogP contribution is -2.38. The lowest BCUT2D eigenvalue weighted by Gasteiger charge is -2.19. The van der Waals surface area contributed by atoms with Gasteiger partial charge in [0.2, 0.25) is 5.88 Å². The summed E-state index contributed by atoms with van der Waals surface area (Å²) in [4.78, 5) is 18.6. The Kier molecular flexibility index (Phi) is 4.75. The summed E-state index contributed by atoms with van der Waals surface area (Å²) in [6.45, 7) is 2.62. The van der Waals surface area contributed by atoms with Gasteiger partial charge < -0.3 is 15.0 Å². The van der Waals surface area contributed by atoms with Gasteiger partial charge in [-0.25, -0.2) is 4.98 Å². The molecule has 5 nitrogen and oxygen atoms in total. The van der Waals surface area contributed by atoms with Gasteiger partial charge >= 0.3 is 0 Å². The Hall–Kier alpha value is -2.14. The highest BCUT2D eigenvalue weighted by atomic mass is 16.5. The summed E-state index contributed by atoms with van der Waals surface area (Å²) in [6, 6.07) is 9.77. The van der Waals surface area contributed by atoms with Crippen molar-refractivity contribution in [2.45, 2.75) is 13.0 Å². The Labute approximate surface area is 124 Å². The molecule has 21 heavy (non-hydrogen) atoms. The van der Waals surface area contributed by atoms with E-state index >= 15 is 0 Å². The van der Waals surface area contributed by atoms with Gasteiger partial charge in [0.15, 0.2) is 0 Å². The normalized spacial score (nSPS) is 12.4. The highest BCUT2D eigenvalue weighted by Gasteiger charge is 2.13. The van der Waals surface area contributed by atoms with Crippen LogP contribution in [0.1, 0.15) is 17.4 Å². The highest BCUT2D eigenvalue weighted by Crippen LogP contribution is 2.23. The van der Waals surface area contributed by atoms with Crippen LogP contribution in [0.4, 0.5) is 0 Å². The van der Waals surface area contributed by atoms with Crippen LogP contribution in [-0.4, -0.2) is 49.6 Å². The van der Waals surface area contributed by atoms with E-state index < -0.39 is 0 Å².